The van der Waals surface area contributed by atoms with E-state index in [1.807, 2.05) is 0 Å². The molecule has 0 aliphatic heterocycles. The highest BCUT2D eigenvalue weighted by Gasteiger charge is 2.17. The Hall–Kier alpha value is -2.41. The van der Waals surface area contributed by atoms with E-state index in [9.17, 15) is 14.0 Å². The average molecular weight is 410 g/mol. The van der Waals surface area contributed by atoms with Crippen molar-refractivity contribution in [2.45, 2.75) is 20.0 Å². The number of carbonyl (C=O) groups excluding carboxylic acids is 2. The van der Waals surface area contributed by atoms with E-state index in [1.54, 1.807) is 32.0 Å². The van der Waals surface area contributed by atoms with Crippen LogP contribution >= 0.6 is 15.9 Å². The first-order valence-corrected chi connectivity index (χ1v) is 8.39. The average Bonchev–Trinajstić information content (AvgIpc) is 2.57. The van der Waals surface area contributed by atoms with Crippen molar-refractivity contribution in [3.63, 3.8) is 0 Å². The van der Waals surface area contributed by atoms with Gasteiger partial charge in [-0.1, -0.05) is 6.07 Å². The number of rotatable bonds is 6. The lowest BCUT2D eigenvalue weighted by atomic mass is 10.2. The van der Waals surface area contributed by atoms with Gasteiger partial charge in [-0.3, -0.25) is 4.79 Å². The van der Waals surface area contributed by atoms with Crippen LogP contribution in [0.1, 0.15) is 24.2 Å². The van der Waals surface area contributed by atoms with Crippen molar-refractivity contribution in [1.82, 2.24) is 0 Å². The number of ether oxygens (including phenoxy) is 2. The largest absolute Gasteiger partial charge is 0.480 e. The molecule has 0 fully saturated rings. The molecule has 2 rings (SSSR count). The molecule has 5 nitrogen and oxygen atoms in total. The van der Waals surface area contributed by atoms with Crippen molar-refractivity contribution in [2.24, 2.45) is 0 Å². The zero-order chi connectivity index (χ0) is 18.4. The second kappa shape index (κ2) is 8.62. The fourth-order valence-electron chi connectivity index (χ4n) is 2.00. The van der Waals surface area contributed by atoms with Crippen LogP contribution in [-0.2, 0) is 9.53 Å². The molecule has 7 heteroatoms. The molecule has 2 aromatic rings. The van der Waals surface area contributed by atoms with Gasteiger partial charge in [0.05, 0.1) is 16.6 Å². The van der Waals surface area contributed by atoms with Crippen LogP contribution in [0.5, 0.6) is 5.75 Å². The number of nitrogens with one attached hydrogen (secondary N) is 1. The van der Waals surface area contributed by atoms with Crippen molar-refractivity contribution >= 4 is 33.5 Å². The van der Waals surface area contributed by atoms with E-state index in [0.717, 1.165) is 0 Å². The Morgan fingerprint density at radius 1 is 1.24 bits per heavy atom. The highest BCUT2D eigenvalue weighted by atomic mass is 79.9. The number of carbonyl (C=O) groups is 2. The number of amides is 1. The predicted octanol–water partition coefficient (Wildman–Crippen LogP) is 4.17. The van der Waals surface area contributed by atoms with Crippen molar-refractivity contribution in [3.05, 3.63) is 58.3 Å². The first-order chi connectivity index (χ1) is 11.9. The van der Waals surface area contributed by atoms with Gasteiger partial charge in [0.15, 0.2) is 6.10 Å². The number of anilines is 1. The van der Waals surface area contributed by atoms with Gasteiger partial charge >= 0.3 is 5.97 Å². The van der Waals surface area contributed by atoms with Crippen LogP contribution in [0.4, 0.5) is 10.1 Å². The van der Waals surface area contributed by atoms with Gasteiger partial charge in [0, 0.05) is 5.69 Å². The summed E-state index contributed by atoms with van der Waals surface area (Å²) in [7, 11) is 0. The third-order valence-corrected chi connectivity index (χ3v) is 3.83. The predicted molar refractivity (Wildman–Crippen MR) is 95.2 cm³/mol. The summed E-state index contributed by atoms with van der Waals surface area (Å²) in [4.78, 5) is 24.0. The highest BCUT2D eigenvalue weighted by molar-refractivity contribution is 9.10. The Morgan fingerprint density at radius 2 is 2.00 bits per heavy atom. The van der Waals surface area contributed by atoms with Crippen LogP contribution in [0.25, 0.3) is 0 Å². The quantitative estimate of drug-likeness (QED) is 0.727. The van der Waals surface area contributed by atoms with Gasteiger partial charge < -0.3 is 14.8 Å². The first kappa shape index (κ1) is 18.9. The van der Waals surface area contributed by atoms with Crippen molar-refractivity contribution in [1.29, 1.82) is 0 Å². The van der Waals surface area contributed by atoms with Crippen LogP contribution in [0.15, 0.2) is 46.9 Å². The third kappa shape index (κ3) is 5.29. The first-order valence-electron chi connectivity index (χ1n) is 7.60. The van der Waals surface area contributed by atoms with E-state index in [0.29, 0.717) is 21.5 Å². The molecule has 0 bridgehead atoms. The summed E-state index contributed by atoms with van der Waals surface area (Å²) in [6.07, 6.45) is -0.826. The third-order valence-electron chi connectivity index (χ3n) is 3.21. The molecule has 2 aromatic carbocycles. The lowest BCUT2D eigenvalue weighted by Gasteiger charge is -2.16. The van der Waals surface area contributed by atoms with Crippen LogP contribution in [-0.4, -0.2) is 24.6 Å². The monoisotopic (exact) mass is 409 g/mol. The Labute approximate surface area is 153 Å². The smallest absolute Gasteiger partial charge is 0.338 e. The van der Waals surface area contributed by atoms with Crippen LogP contribution in [0.2, 0.25) is 0 Å². The van der Waals surface area contributed by atoms with Crippen molar-refractivity contribution < 1.29 is 23.5 Å². The van der Waals surface area contributed by atoms with E-state index >= 15 is 0 Å². The minimum atomic E-state index is -0.826. The highest BCUT2D eigenvalue weighted by Crippen LogP contribution is 2.26. The Balaban J connectivity index is 2.03. The van der Waals surface area contributed by atoms with Gasteiger partial charge in [-0.05, 0) is 66.2 Å². The molecule has 1 unspecified atom stereocenters. The molecule has 1 atom stereocenters. The molecule has 1 amide bonds. The lowest BCUT2D eigenvalue weighted by Crippen LogP contribution is -2.30. The summed E-state index contributed by atoms with van der Waals surface area (Å²) in [5.74, 6) is -0.924. The zero-order valence-corrected chi connectivity index (χ0v) is 15.3. The van der Waals surface area contributed by atoms with E-state index in [-0.39, 0.29) is 6.61 Å². The topological polar surface area (TPSA) is 64.6 Å². The van der Waals surface area contributed by atoms with Gasteiger partial charge in [-0.2, -0.15) is 0 Å². The van der Waals surface area contributed by atoms with Gasteiger partial charge in [0.1, 0.15) is 11.6 Å². The maximum absolute atomic E-state index is 13.1. The summed E-state index contributed by atoms with van der Waals surface area (Å²) < 4.78 is 24.0. The summed E-state index contributed by atoms with van der Waals surface area (Å²) in [5.41, 5.74) is 0.790. The Morgan fingerprint density at radius 3 is 2.68 bits per heavy atom. The van der Waals surface area contributed by atoms with E-state index in [2.05, 4.69) is 21.2 Å². The second-order valence-corrected chi connectivity index (χ2v) is 5.98. The number of hydrogen-bond donors (Lipinski definition) is 1. The number of esters is 1. The molecule has 0 saturated heterocycles. The Kier molecular flexibility index (Phi) is 6.52. The van der Waals surface area contributed by atoms with Crippen LogP contribution < -0.4 is 10.1 Å². The second-order valence-electron chi connectivity index (χ2n) is 5.13. The van der Waals surface area contributed by atoms with E-state index in [4.69, 9.17) is 9.47 Å². The SMILES string of the molecule is CCOC(=O)c1cccc(NC(=O)C(C)Oc2ccc(F)cc2Br)c1. The fraction of sp³-hybridized carbons (Fsp3) is 0.222. The minimum absolute atomic E-state index is 0.271. The molecule has 0 saturated carbocycles. The molecule has 0 heterocycles. The molecule has 0 aliphatic rings. The Bertz CT molecular complexity index is 781. The number of hydrogen-bond acceptors (Lipinski definition) is 4. The van der Waals surface area contributed by atoms with Crippen LogP contribution in [0.3, 0.4) is 0 Å². The van der Waals surface area contributed by atoms with Gasteiger partial charge in [0.25, 0.3) is 5.91 Å². The molecule has 0 aliphatic carbocycles. The standard InChI is InChI=1S/C18H17BrFNO4/c1-3-24-18(23)12-5-4-6-14(9-12)21-17(22)11(2)25-16-8-7-13(20)10-15(16)19/h4-11H,3H2,1-2H3,(H,21,22). The van der Waals surface area contributed by atoms with E-state index < -0.39 is 23.8 Å². The normalized spacial score (nSPS) is 11.5. The molecule has 0 radical (unpaired) electrons. The molecular weight excluding hydrogens is 393 g/mol. The van der Waals surface area contributed by atoms with Gasteiger partial charge in [0.2, 0.25) is 0 Å². The molecule has 0 aromatic heterocycles. The molecule has 0 spiro atoms. The van der Waals surface area contributed by atoms with Crippen molar-refractivity contribution in [3.8, 4) is 5.75 Å². The van der Waals surface area contributed by atoms with E-state index in [1.165, 1.54) is 24.3 Å². The molecular formula is C18H17BrFNO4. The maximum atomic E-state index is 13.1. The van der Waals surface area contributed by atoms with Crippen LogP contribution in [0, 0.1) is 5.82 Å². The van der Waals surface area contributed by atoms with Crippen molar-refractivity contribution in [2.75, 3.05) is 11.9 Å². The summed E-state index contributed by atoms with van der Waals surface area (Å²) in [6.45, 7) is 3.56. The summed E-state index contributed by atoms with van der Waals surface area (Å²) in [6, 6.07) is 10.4. The minimum Gasteiger partial charge on any atom is -0.480 e. The lowest BCUT2D eigenvalue weighted by molar-refractivity contribution is -0.122. The van der Waals surface area contributed by atoms with Gasteiger partial charge in [-0.15, -0.1) is 0 Å². The fourth-order valence-corrected chi connectivity index (χ4v) is 2.44. The molecule has 132 valence electrons. The number of benzene rings is 2. The summed E-state index contributed by atoms with van der Waals surface area (Å²) >= 11 is 3.18. The molecule has 25 heavy (non-hydrogen) atoms. The number of halogens is 2. The zero-order valence-electron chi connectivity index (χ0n) is 13.7. The maximum Gasteiger partial charge on any atom is 0.338 e. The molecule has 1 N–H and O–H groups in total. The summed E-state index contributed by atoms with van der Waals surface area (Å²) in [5, 5.41) is 2.67. The van der Waals surface area contributed by atoms with Gasteiger partial charge in [-0.25, -0.2) is 9.18 Å².